The third kappa shape index (κ3) is 3.59. The minimum absolute atomic E-state index is 0.224. The fraction of sp³-hybridized carbons (Fsp3) is 0.429. The van der Waals surface area contributed by atoms with Crippen molar-refractivity contribution in [3.05, 3.63) is 33.6 Å². The van der Waals surface area contributed by atoms with Crippen LogP contribution in [-0.4, -0.2) is 21.4 Å². The lowest BCUT2D eigenvalue weighted by atomic mass is 9.87. The van der Waals surface area contributed by atoms with E-state index in [0.29, 0.717) is 23.2 Å². The number of hydrogen-bond donors (Lipinski definition) is 1. The van der Waals surface area contributed by atoms with Crippen molar-refractivity contribution >= 4 is 27.5 Å². The quantitative estimate of drug-likeness (QED) is 0.896. The van der Waals surface area contributed by atoms with Gasteiger partial charge < -0.3 is 9.63 Å². The second-order valence-corrected chi connectivity index (χ2v) is 6.99. The van der Waals surface area contributed by atoms with Gasteiger partial charge in [0.05, 0.1) is 17.5 Å². The van der Waals surface area contributed by atoms with Gasteiger partial charge in [-0.2, -0.15) is 4.98 Å². The molecule has 1 unspecified atom stereocenters. The summed E-state index contributed by atoms with van der Waals surface area (Å²) in [5.74, 6) is 0.909. The van der Waals surface area contributed by atoms with Gasteiger partial charge in [0, 0.05) is 10.0 Å². The molecule has 108 valence electrons. The van der Waals surface area contributed by atoms with E-state index in [9.17, 15) is 5.11 Å². The fourth-order valence-corrected chi connectivity index (χ4v) is 2.06. The summed E-state index contributed by atoms with van der Waals surface area (Å²) >= 11 is 9.31. The molecule has 1 N–H and O–H groups in total. The molecule has 0 radical (unpaired) electrons. The van der Waals surface area contributed by atoms with Gasteiger partial charge in [0.25, 0.3) is 0 Å². The molecule has 2 aromatic rings. The Bertz CT molecular complexity index is 607. The molecule has 0 aliphatic heterocycles. The van der Waals surface area contributed by atoms with E-state index in [1.807, 2.05) is 32.9 Å². The molecule has 1 atom stereocenters. The number of aliphatic hydroxyl groups excluding tert-OH is 1. The number of halogens is 2. The van der Waals surface area contributed by atoms with Crippen LogP contribution in [0.4, 0.5) is 0 Å². The van der Waals surface area contributed by atoms with Crippen molar-refractivity contribution in [2.45, 2.75) is 33.3 Å². The lowest BCUT2D eigenvalue weighted by Gasteiger charge is -2.24. The van der Waals surface area contributed by atoms with Crippen molar-refractivity contribution in [1.29, 1.82) is 0 Å². The molecule has 1 aromatic heterocycles. The second kappa shape index (κ2) is 5.84. The lowest BCUT2D eigenvalue weighted by Crippen LogP contribution is -2.28. The molecule has 0 saturated carbocycles. The van der Waals surface area contributed by atoms with Gasteiger partial charge in [-0.3, -0.25) is 0 Å². The van der Waals surface area contributed by atoms with Gasteiger partial charge in [0.15, 0.2) is 0 Å². The maximum Gasteiger partial charge on any atom is 0.229 e. The summed E-state index contributed by atoms with van der Waals surface area (Å²) in [7, 11) is 0. The van der Waals surface area contributed by atoms with Gasteiger partial charge in [-0.1, -0.05) is 37.5 Å². The number of nitrogens with zero attached hydrogens (tertiary/aromatic N) is 2. The highest BCUT2D eigenvalue weighted by atomic mass is 79.9. The summed E-state index contributed by atoms with van der Waals surface area (Å²) in [4.78, 5) is 4.30. The van der Waals surface area contributed by atoms with E-state index in [1.54, 1.807) is 6.07 Å². The van der Waals surface area contributed by atoms with Crippen molar-refractivity contribution < 1.29 is 9.63 Å². The van der Waals surface area contributed by atoms with Gasteiger partial charge in [-0.05, 0) is 39.5 Å². The smallest absolute Gasteiger partial charge is 0.229 e. The predicted molar refractivity (Wildman–Crippen MR) is 81.6 cm³/mol. The average Bonchev–Trinajstić information content (AvgIpc) is 2.80. The molecule has 0 spiro atoms. The van der Waals surface area contributed by atoms with E-state index >= 15 is 0 Å². The van der Waals surface area contributed by atoms with Crippen molar-refractivity contribution in [2.75, 3.05) is 0 Å². The van der Waals surface area contributed by atoms with Crippen LogP contribution in [0.1, 0.15) is 26.7 Å². The molecule has 20 heavy (non-hydrogen) atoms. The molecule has 0 fully saturated rings. The first-order valence-corrected chi connectivity index (χ1v) is 7.40. The molecule has 4 nitrogen and oxygen atoms in total. The summed E-state index contributed by atoms with van der Waals surface area (Å²) in [5, 5.41) is 14.6. The van der Waals surface area contributed by atoms with Crippen molar-refractivity contribution in [3.63, 3.8) is 0 Å². The molecule has 0 aliphatic carbocycles. The first-order chi connectivity index (χ1) is 9.27. The second-order valence-electron chi connectivity index (χ2n) is 5.73. The van der Waals surface area contributed by atoms with E-state index in [-0.39, 0.29) is 5.41 Å². The first kappa shape index (κ1) is 15.5. The zero-order valence-electron chi connectivity index (χ0n) is 11.5. The Labute approximate surface area is 131 Å². The number of rotatable bonds is 3. The fourth-order valence-electron chi connectivity index (χ4n) is 1.56. The standard InChI is InChI=1S/C14H16BrClN2O2/c1-14(2,3)11(19)7-12-17-13(18-20-12)8-4-5-10(16)9(15)6-8/h4-6,11,19H,7H2,1-3H3. The molecule has 0 aliphatic rings. The summed E-state index contributed by atoms with van der Waals surface area (Å²) in [6, 6.07) is 5.42. The van der Waals surface area contributed by atoms with Crippen molar-refractivity contribution in [1.82, 2.24) is 10.1 Å². The lowest BCUT2D eigenvalue weighted by molar-refractivity contribution is 0.0565. The average molecular weight is 360 g/mol. The van der Waals surface area contributed by atoms with Crippen LogP contribution in [0.3, 0.4) is 0 Å². The van der Waals surface area contributed by atoms with E-state index < -0.39 is 6.10 Å². The van der Waals surface area contributed by atoms with Crippen LogP contribution >= 0.6 is 27.5 Å². The van der Waals surface area contributed by atoms with Crippen LogP contribution in [-0.2, 0) is 6.42 Å². The Balaban J connectivity index is 2.18. The summed E-state index contributed by atoms with van der Waals surface area (Å²) in [5.41, 5.74) is 0.583. The first-order valence-electron chi connectivity index (χ1n) is 6.23. The summed E-state index contributed by atoms with van der Waals surface area (Å²) in [6.45, 7) is 5.89. The molecule has 0 bridgehead atoms. The Morgan fingerprint density at radius 3 is 2.70 bits per heavy atom. The molecular formula is C14H16BrClN2O2. The highest BCUT2D eigenvalue weighted by Gasteiger charge is 2.24. The van der Waals surface area contributed by atoms with Crippen LogP contribution in [0.2, 0.25) is 5.02 Å². The van der Waals surface area contributed by atoms with E-state index in [0.717, 1.165) is 10.0 Å². The highest BCUT2D eigenvalue weighted by molar-refractivity contribution is 9.10. The molecular weight excluding hydrogens is 344 g/mol. The normalized spacial score (nSPS) is 13.5. The number of aliphatic hydroxyl groups is 1. The highest BCUT2D eigenvalue weighted by Crippen LogP contribution is 2.28. The number of aromatic nitrogens is 2. The Morgan fingerprint density at radius 2 is 2.10 bits per heavy atom. The maximum absolute atomic E-state index is 10.0. The van der Waals surface area contributed by atoms with Crippen LogP contribution < -0.4 is 0 Å². The molecule has 6 heteroatoms. The van der Waals surface area contributed by atoms with Crippen LogP contribution in [0.5, 0.6) is 0 Å². The van der Waals surface area contributed by atoms with Gasteiger partial charge in [0.1, 0.15) is 0 Å². The minimum Gasteiger partial charge on any atom is -0.392 e. The van der Waals surface area contributed by atoms with Crippen LogP contribution in [0, 0.1) is 5.41 Å². The van der Waals surface area contributed by atoms with Crippen LogP contribution in [0.25, 0.3) is 11.4 Å². The number of hydrogen-bond acceptors (Lipinski definition) is 4. The van der Waals surface area contributed by atoms with E-state index in [1.165, 1.54) is 0 Å². The predicted octanol–water partition coefficient (Wildman–Crippen LogP) is 4.10. The van der Waals surface area contributed by atoms with Gasteiger partial charge >= 0.3 is 0 Å². The van der Waals surface area contributed by atoms with Crippen molar-refractivity contribution in [2.24, 2.45) is 5.41 Å². The third-order valence-corrected chi connectivity index (χ3v) is 4.23. The molecule has 1 aromatic carbocycles. The zero-order valence-corrected chi connectivity index (χ0v) is 13.9. The summed E-state index contributed by atoms with van der Waals surface area (Å²) < 4.78 is 5.96. The third-order valence-electron chi connectivity index (χ3n) is 3.01. The largest absolute Gasteiger partial charge is 0.392 e. The van der Waals surface area contributed by atoms with E-state index in [4.69, 9.17) is 16.1 Å². The Hall–Kier alpha value is -0.910. The van der Waals surface area contributed by atoms with Gasteiger partial charge in [-0.15, -0.1) is 0 Å². The maximum atomic E-state index is 10.0. The van der Waals surface area contributed by atoms with Crippen LogP contribution in [0.15, 0.2) is 27.2 Å². The minimum atomic E-state index is -0.534. The van der Waals surface area contributed by atoms with E-state index in [2.05, 4.69) is 26.1 Å². The monoisotopic (exact) mass is 358 g/mol. The number of benzene rings is 1. The van der Waals surface area contributed by atoms with Gasteiger partial charge in [-0.25, -0.2) is 0 Å². The molecule has 1 heterocycles. The molecule has 0 saturated heterocycles. The molecule has 2 rings (SSSR count). The zero-order chi connectivity index (χ0) is 14.9. The van der Waals surface area contributed by atoms with Gasteiger partial charge in [0.2, 0.25) is 11.7 Å². The SMILES string of the molecule is CC(C)(C)C(O)Cc1nc(-c2ccc(Cl)c(Br)c2)no1. The molecule has 0 amide bonds. The topological polar surface area (TPSA) is 59.2 Å². The Kier molecular flexibility index (Phi) is 4.52. The summed E-state index contributed by atoms with van der Waals surface area (Å²) in [6.07, 6.45) is -0.196. The Morgan fingerprint density at radius 1 is 1.40 bits per heavy atom. The van der Waals surface area contributed by atoms with Crippen molar-refractivity contribution in [3.8, 4) is 11.4 Å².